The van der Waals surface area contributed by atoms with Crippen LogP contribution in [-0.4, -0.2) is 11.1 Å². The first-order chi connectivity index (χ1) is 9.10. The van der Waals surface area contributed by atoms with Crippen LogP contribution in [0.2, 0.25) is 0 Å². The highest BCUT2D eigenvalue weighted by atomic mass is 16.3. The minimum atomic E-state index is 0.225. The lowest BCUT2D eigenvalue weighted by Crippen LogP contribution is -2.35. The minimum absolute atomic E-state index is 0.225. The molecule has 19 heavy (non-hydrogen) atoms. The maximum absolute atomic E-state index is 9.97. The van der Waals surface area contributed by atoms with Crippen molar-refractivity contribution in [2.75, 3.05) is 0 Å². The molecule has 106 valence electrons. The zero-order valence-electron chi connectivity index (χ0n) is 12.4. The van der Waals surface area contributed by atoms with Crippen molar-refractivity contribution in [3.8, 4) is 5.75 Å². The van der Waals surface area contributed by atoms with Crippen LogP contribution in [0.1, 0.15) is 63.1 Å². The van der Waals surface area contributed by atoms with E-state index in [0.717, 1.165) is 11.5 Å². The molecule has 0 heterocycles. The van der Waals surface area contributed by atoms with Crippen LogP contribution in [0.4, 0.5) is 0 Å². The first kappa shape index (κ1) is 14.4. The number of benzene rings is 1. The Kier molecular flexibility index (Phi) is 4.87. The van der Waals surface area contributed by atoms with Crippen molar-refractivity contribution in [2.45, 2.75) is 65.0 Å². The number of nitrogens with one attached hydrogen (secondary N) is 1. The second kappa shape index (κ2) is 6.42. The van der Waals surface area contributed by atoms with Crippen LogP contribution in [0.25, 0.3) is 0 Å². The van der Waals surface area contributed by atoms with Crippen LogP contribution in [-0.2, 0) is 0 Å². The third-order valence-corrected chi connectivity index (χ3v) is 4.56. The highest BCUT2D eigenvalue weighted by Gasteiger charge is 2.22. The van der Waals surface area contributed by atoms with E-state index in [1.807, 2.05) is 6.07 Å². The van der Waals surface area contributed by atoms with Crippen molar-refractivity contribution in [1.82, 2.24) is 5.32 Å². The summed E-state index contributed by atoms with van der Waals surface area (Å²) in [6.45, 7) is 6.52. The molecule has 0 radical (unpaired) electrons. The van der Waals surface area contributed by atoms with Crippen LogP contribution < -0.4 is 5.32 Å². The molecule has 2 heteroatoms. The molecule has 1 fully saturated rings. The Morgan fingerprint density at radius 1 is 1.26 bits per heavy atom. The lowest BCUT2D eigenvalue weighted by Gasteiger charge is -2.31. The van der Waals surface area contributed by atoms with Gasteiger partial charge in [0.25, 0.3) is 0 Å². The van der Waals surface area contributed by atoms with E-state index in [-0.39, 0.29) is 6.04 Å². The van der Waals surface area contributed by atoms with Crippen LogP contribution in [0.3, 0.4) is 0 Å². The fourth-order valence-corrected chi connectivity index (χ4v) is 3.20. The topological polar surface area (TPSA) is 32.3 Å². The van der Waals surface area contributed by atoms with Crippen molar-refractivity contribution in [2.24, 2.45) is 5.92 Å². The Labute approximate surface area is 117 Å². The fraction of sp³-hybridized carbons (Fsp3) is 0.647. The molecule has 0 saturated heterocycles. The molecule has 0 bridgehead atoms. The van der Waals surface area contributed by atoms with Gasteiger partial charge in [-0.3, -0.25) is 0 Å². The number of phenolic OH excluding ortho intramolecular Hbond substituents is 1. The van der Waals surface area contributed by atoms with Crippen LogP contribution in [0.15, 0.2) is 18.2 Å². The molecule has 1 aromatic rings. The van der Waals surface area contributed by atoms with Crippen molar-refractivity contribution in [3.63, 3.8) is 0 Å². The van der Waals surface area contributed by atoms with Gasteiger partial charge in [-0.25, -0.2) is 0 Å². The van der Waals surface area contributed by atoms with E-state index in [0.29, 0.717) is 11.8 Å². The number of hydrogen-bond acceptors (Lipinski definition) is 2. The molecule has 2 N–H and O–H groups in total. The molecular weight excluding hydrogens is 234 g/mol. The van der Waals surface area contributed by atoms with E-state index >= 15 is 0 Å². The summed E-state index contributed by atoms with van der Waals surface area (Å²) < 4.78 is 0. The quantitative estimate of drug-likeness (QED) is 0.846. The summed E-state index contributed by atoms with van der Waals surface area (Å²) in [6.07, 6.45) is 6.56. The Balaban J connectivity index is 1.94. The van der Waals surface area contributed by atoms with Crippen molar-refractivity contribution in [1.29, 1.82) is 0 Å². The maximum atomic E-state index is 9.97. The van der Waals surface area contributed by atoms with Gasteiger partial charge in [0.05, 0.1) is 0 Å². The second-order valence-corrected chi connectivity index (χ2v) is 6.08. The number of aryl methyl sites for hydroxylation is 1. The van der Waals surface area contributed by atoms with E-state index < -0.39 is 0 Å². The smallest absolute Gasteiger partial charge is 0.120 e. The molecular formula is C17H27NO. The van der Waals surface area contributed by atoms with Gasteiger partial charge in [0.1, 0.15) is 5.75 Å². The first-order valence-electron chi connectivity index (χ1n) is 7.65. The fourth-order valence-electron chi connectivity index (χ4n) is 3.20. The molecule has 1 aromatic carbocycles. The van der Waals surface area contributed by atoms with Crippen molar-refractivity contribution >= 4 is 0 Å². The zero-order chi connectivity index (χ0) is 13.8. The molecule has 1 aliphatic rings. The van der Waals surface area contributed by atoms with Gasteiger partial charge < -0.3 is 10.4 Å². The lowest BCUT2D eigenvalue weighted by molar-refractivity contribution is 0.272. The predicted molar refractivity (Wildman–Crippen MR) is 80.4 cm³/mol. The van der Waals surface area contributed by atoms with Gasteiger partial charge in [0.15, 0.2) is 0 Å². The van der Waals surface area contributed by atoms with Crippen LogP contribution in [0, 0.1) is 12.8 Å². The third kappa shape index (κ3) is 3.73. The van der Waals surface area contributed by atoms with Gasteiger partial charge in [0, 0.05) is 17.6 Å². The summed E-state index contributed by atoms with van der Waals surface area (Å²) in [6, 6.07) is 6.68. The van der Waals surface area contributed by atoms with Crippen LogP contribution >= 0.6 is 0 Å². The van der Waals surface area contributed by atoms with Gasteiger partial charge in [-0.2, -0.15) is 0 Å². The summed E-state index contributed by atoms with van der Waals surface area (Å²) in [5, 5.41) is 13.7. The van der Waals surface area contributed by atoms with Gasteiger partial charge in [0.2, 0.25) is 0 Å². The zero-order valence-corrected chi connectivity index (χ0v) is 12.4. The predicted octanol–water partition coefficient (Wildman–Crippen LogP) is 4.32. The van der Waals surface area contributed by atoms with Gasteiger partial charge in [-0.05, 0) is 51.5 Å². The summed E-state index contributed by atoms with van der Waals surface area (Å²) in [7, 11) is 0. The molecule has 1 atom stereocenters. The standard InChI is InChI=1S/C17H27NO/c1-4-14-6-8-15(9-7-14)18-13(3)16-11-12(2)5-10-17(16)19/h5,10-11,13-15,18-19H,4,6-9H2,1-3H3. The molecule has 0 aliphatic heterocycles. The Bertz CT molecular complexity index is 408. The number of rotatable bonds is 4. The Morgan fingerprint density at radius 3 is 2.58 bits per heavy atom. The lowest BCUT2D eigenvalue weighted by atomic mass is 9.84. The molecule has 1 aliphatic carbocycles. The Morgan fingerprint density at radius 2 is 1.95 bits per heavy atom. The Hall–Kier alpha value is -1.02. The first-order valence-corrected chi connectivity index (χ1v) is 7.65. The normalized spacial score (nSPS) is 25.2. The molecule has 1 saturated carbocycles. The largest absolute Gasteiger partial charge is 0.508 e. The highest BCUT2D eigenvalue weighted by Crippen LogP contribution is 2.30. The van der Waals surface area contributed by atoms with Crippen molar-refractivity contribution in [3.05, 3.63) is 29.3 Å². The number of phenols is 1. The number of hydrogen-bond donors (Lipinski definition) is 2. The van der Waals surface area contributed by atoms with Crippen molar-refractivity contribution < 1.29 is 5.11 Å². The SMILES string of the molecule is CCC1CCC(NC(C)c2cc(C)ccc2O)CC1. The molecule has 0 amide bonds. The van der Waals surface area contributed by atoms with E-state index in [4.69, 9.17) is 0 Å². The van der Waals surface area contributed by atoms with E-state index in [1.54, 1.807) is 6.07 Å². The third-order valence-electron chi connectivity index (χ3n) is 4.56. The highest BCUT2D eigenvalue weighted by molar-refractivity contribution is 5.37. The summed E-state index contributed by atoms with van der Waals surface area (Å²) in [4.78, 5) is 0. The minimum Gasteiger partial charge on any atom is -0.508 e. The van der Waals surface area contributed by atoms with Crippen LogP contribution in [0.5, 0.6) is 5.75 Å². The van der Waals surface area contributed by atoms with E-state index in [2.05, 4.69) is 32.2 Å². The van der Waals surface area contributed by atoms with E-state index in [9.17, 15) is 5.11 Å². The average molecular weight is 261 g/mol. The summed E-state index contributed by atoms with van der Waals surface area (Å²) in [5.41, 5.74) is 2.23. The average Bonchev–Trinajstić information content (AvgIpc) is 2.42. The van der Waals surface area contributed by atoms with Gasteiger partial charge in [-0.1, -0.05) is 31.0 Å². The van der Waals surface area contributed by atoms with Gasteiger partial charge >= 0.3 is 0 Å². The second-order valence-electron chi connectivity index (χ2n) is 6.08. The molecule has 2 nitrogen and oxygen atoms in total. The molecule has 0 aromatic heterocycles. The van der Waals surface area contributed by atoms with Gasteiger partial charge in [-0.15, -0.1) is 0 Å². The van der Waals surface area contributed by atoms with E-state index in [1.165, 1.54) is 37.7 Å². The molecule has 0 spiro atoms. The summed E-state index contributed by atoms with van der Waals surface area (Å²) in [5.74, 6) is 1.34. The molecule has 2 rings (SSSR count). The number of aromatic hydroxyl groups is 1. The maximum Gasteiger partial charge on any atom is 0.120 e. The monoisotopic (exact) mass is 261 g/mol. The molecule has 1 unspecified atom stereocenters. The summed E-state index contributed by atoms with van der Waals surface area (Å²) >= 11 is 0.